The molecule has 6 N–H and O–H groups in total. The second-order valence-corrected chi connectivity index (χ2v) is 10.4. The number of methoxy groups -OCH3 is 1. The molecule has 0 saturated carbocycles. The third kappa shape index (κ3) is 4.47. The van der Waals surface area contributed by atoms with Gasteiger partial charge in [0.15, 0.2) is 17.9 Å². The number of fused-ring (bicyclic) bond motifs is 3. The topological polar surface area (TPSA) is 186 Å². The summed E-state index contributed by atoms with van der Waals surface area (Å²) in [5.41, 5.74) is 3.03. The lowest BCUT2D eigenvalue weighted by molar-refractivity contribution is -0.247. The van der Waals surface area contributed by atoms with Crippen molar-refractivity contribution < 1.29 is 49.0 Å². The van der Waals surface area contributed by atoms with Gasteiger partial charge in [-0.1, -0.05) is 19.1 Å². The lowest BCUT2D eigenvalue weighted by atomic mass is 9.71. The number of phenolic OH excluding ortho intramolecular Hbond substituents is 2. The summed E-state index contributed by atoms with van der Waals surface area (Å²) in [6, 6.07) is 3.76. The molecule has 1 aliphatic heterocycles. The van der Waals surface area contributed by atoms with Gasteiger partial charge in [0.25, 0.3) is 0 Å². The Morgan fingerprint density at radius 1 is 1.15 bits per heavy atom. The van der Waals surface area contributed by atoms with Crippen LogP contribution in [-0.2, 0) is 20.7 Å². The van der Waals surface area contributed by atoms with Gasteiger partial charge in [0.05, 0.1) is 42.1 Å². The number of hydrogen-bond acceptors (Lipinski definition) is 11. The number of aromatic hydroxyl groups is 2. The zero-order valence-corrected chi connectivity index (χ0v) is 23.0. The molecule has 12 heteroatoms. The van der Waals surface area contributed by atoms with Crippen LogP contribution in [0.4, 0.5) is 0 Å². The van der Waals surface area contributed by atoms with E-state index in [2.05, 4.69) is 0 Å². The number of nitrogens with two attached hydrogens (primary N) is 1. The zero-order valence-electron chi connectivity index (χ0n) is 22.2. The first-order chi connectivity index (χ1) is 18.4. The number of ketones is 3. The highest BCUT2D eigenvalue weighted by Crippen LogP contribution is 2.52. The van der Waals surface area contributed by atoms with Crippen molar-refractivity contribution in [3.05, 3.63) is 51.6 Å². The number of halogens is 1. The van der Waals surface area contributed by atoms with Gasteiger partial charge in [-0.15, -0.1) is 12.4 Å². The molecule has 0 aromatic heterocycles. The van der Waals surface area contributed by atoms with E-state index < -0.39 is 82.6 Å². The second-order valence-electron chi connectivity index (χ2n) is 10.4. The molecule has 2 aromatic carbocycles. The third-order valence-electron chi connectivity index (χ3n) is 7.98. The van der Waals surface area contributed by atoms with Gasteiger partial charge >= 0.3 is 0 Å². The number of aliphatic hydroxyl groups excluding tert-OH is 1. The van der Waals surface area contributed by atoms with E-state index in [9.17, 15) is 34.8 Å². The Hall–Kier alpha value is -3.06. The zero-order chi connectivity index (χ0) is 28.4. The van der Waals surface area contributed by atoms with Gasteiger partial charge in [0, 0.05) is 48.4 Å². The maximum absolute atomic E-state index is 13.7. The van der Waals surface area contributed by atoms with Crippen molar-refractivity contribution in [2.45, 2.75) is 75.8 Å². The summed E-state index contributed by atoms with van der Waals surface area (Å²) in [7, 11) is 1.34. The molecule has 3 aliphatic rings. The van der Waals surface area contributed by atoms with E-state index in [-0.39, 0.29) is 59.7 Å². The van der Waals surface area contributed by atoms with E-state index in [1.165, 1.54) is 25.3 Å². The monoisotopic (exact) mass is 577 g/mol. The normalized spacial score (nSPS) is 29.1. The van der Waals surface area contributed by atoms with E-state index >= 15 is 0 Å². The minimum absolute atomic E-state index is 0. The number of phenols is 2. The molecule has 1 saturated heterocycles. The first-order valence-electron chi connectivity index (χ1n) is 12.8. The van der Waals surface area contributed by atoms with E-state index in [4.69, 9.17) is 19.9 Å². The van der Waals surface area contributed by atoms with Crippen LogP contribution in [0, 0.1) is 0 Å². The predicted molar refractivity (Wildman–Crippen MR) is 142 cm³/mol. The molecule has 40 heavy (non-hydrogen) atoms. The molecule has 1 heterocycles. The number of benzene rings is 2. The van der Waals surface area contributed by atoms with Gasteiger partial charge in [0.2, 0.25) is 5.78 Å². The van der Waals surface area contributed by atoms with Gasteiger partial charge < -0.3 is 40.4 Å². The van der Waals surface area contributed by atoms with Gasteiger partial charge in [0.1, 0.15) is 22.8 Å². The third-order valence-corrected chi connectivity index (χ3v) is 7.98. The molecule has 0 radical (unpaired) electrons. The van der Waals surface area contributed by atoms with Crippen molar-refractivity contribution in [3.63, 3.8) is 0 Å². The van der Waals surface area contributed by atoms with Crippen LogP contribution in [-0.4, -0.2) is 75.0 Å². The fourth-order valence-corrected chi connectivity index (χ4v) is 5.93. The Morgan fingerprint density at radius 3 is 2.45 bits per heavy atom. The van der Waals surface area contributed by atoms with E-state index in [1.807, 2.05) is 0 Å². The van der Waals surface area contributed by atoms with Gasteiger partial charge in [-0.3, -0.25) is 14.4 Å². The Balaban J connectivity index is 0.00000370. The van der Waals surface area contributed by atoms with Crippen LogP contribution in [0.25, 0.3) is 0 Å². The molecule has 6 atom stereocenters. The number of aliphatic hydroxyl groups is 2. The minimum Gasteiger partial charge on any atom is -0.507 e. The lowest BCUT2D eigenvalue weighted by Gasteiger charge is -2.42. The summed E-state index contributed by atoms with van der Waals surface area (Å²) in [6.45, 7) is 3.19. The maximum atomic E-state index is 13.7. The highest BCUT2D eigenvalue weighted by molar-refractivity contribution is 6.31. The summed E-state index contributed by atoms with van der Waals surface area (Å²) >= 11 is 0. The summed E-state index contributed by atoms with van der Waals surface area (Å²) < 4.78 is 17.1. The second kappa shape index (κ2) is 10.7. The molecule has 2 aromatic rings. The predicted octanol–water partition coefficient (Wildman–Crippen LogP) is 1.84. The van der Waals surface area contributed by atoms with Gasteiger partial charge in [-0.05, 0) is 13.0 Å². The van der Waals surface area contributed by atoms with E-state index in [0.717, 1.165) is 0 Å². The van der Waals surface area contributed by atoms with Crippen LogP contribution in [0.15, 0.2) is 18.2 Å². The molecule has 11 nitrogen and oxygen atoms in total. The van der Waals surface area contributed by atoms with Crippen molar-refractivity contribution in [2.24, 2.45) is 5.73 Å². The van der Waals surface area contributed by atoms with Crippen LogP contribution < -0.4 is 10.5 Å². The number of hydrogen-bond donors (Lipinski definition) is 5. The quantitative estimate of drug-likeness (QED) is 0.278. The fourth-order valence-electron chi connectivity index (χ4n) is 5.93. The van der Waals surface area contributed by atoms with Crippen molar-refractivity contribution >= 4 is 29.8 Å². The van der Waals surface area contributed by atoms with Crippen LogP contribution in [0.3, 0.4) is 0 Å². The minimum atomic E-state index is -1.99. The molecule has 0 bridgehead atoms. The van der Waals surface area contributed by atoms with E-state index in [1.54, 1.807) is 13.8 Å². The summed E-state index contributed by atoms with van der Waals surface area (Å²) in [4.78, 5) is 40.1. The highest BCUT2D eigenvalue weighted by Gasteiger charge is 2.49. The highest BCUT2D eigenvalue weighted by atomic mass is 35.5. The summed E-state index contributed by atoms with van der Waals surface area (Å²) in [5.74, 6) is -3.07. The number of ether oxygens (including phenoxy) is 3. The van der Waals surface area contributed by atoms with Crippen molar-refractivity contribution in [1.82, 2.24) is 0 Å². The maximum Gasteiger partial charge on any atom is 0.202 e. The molecule has 5 unspecified atom stereocenters. The van der Waals surface area contributed by atoms with Crippen LogP contribution in [0.2, 0.25) is 0 Å². The molecule has 0 amide bonds. The summed E-state index contributed by atoms with van der Waals surface area (Å²) in [5, 5.41) is 44.5. The van der Waals surface area contributed by atoms with Crippen LogP contribution in [0.1, 0.15) is 82.2 Å². The molecule has 5 rings (SSSR count). The molecular weight excluding hydrogens is 546 g/mol. The Kier molecular flexibility index (Phi) is 8.03. The molecule has 2 aliphatic carbocycles. The Labute approximate surface area is 236 Å². The summed E-state index contributed by atoms with van der Waals surface area (Å²) in [6.07, 6.45) is -4.53. The SMILES string of the molecule is CCC(=O)C1(O)Cc2c(O)c3c(c(O)c2[C@H](OC2CC(N)C(O)C(C)O2)C1)C(=O)c1c(OC)cccc1C3=O.Cl. The average molecular weight is 578 g/mol. The molecule has 0 spiro atoms. The smallest absolute Gasteiger partial charge is 0.202 e. The number of rotatable bonds is 5. The van der Waals surface area contributed by atoms with Crippen molar-refractivity contribution in [3.8, 4) is 17.2 Å². The number of Topliss-reactive ketones (excluding diaryl/α,β-unsaturated/α-hetero) is 1. The molecule has 1 fully saturated rings. The van der Waals surface area contributed by atoms with Crippen LogP contribution in [0.5, 0.6) is 17.2 Å². The first-order valence-corrected chi connectivity index (χ1v) is 12.8. The van der Waals surface area contributed by atoms with E-state index in [0.29, 0.717) is 0 Å². The molecular formula is C28H32ClNO10. The average Bonchev–Trinajstić information content (AvgIpc) is 2.90. The largest absolute Gasteiger partial charge is 0.507 e. The number of carbonyl (C=O) groups excluding carboxylic acids is 3. The van der Waals surface area contributed by atoms with Crippen molar-refractivity contribution in [1.29, 1.82) is 0 Å². The van der Waals surface area contributed by atoms with Crippen LogP contribution >= 0.6 is 12.4 Å². The van der Waals surface area contributed by atoms with Gasteiger partial charge in [-0.2, -0.15) is 0 Å². The molecule has 216 valence electrons. The first kappa shape index (κ1) is 29.9. The standard InChI is InChI=1S/C28H31NO10.ClH/c1-4-17(30)28(36)9-13-20(16(10-28)39-18-8-14(29)23(31)11(2)38-18)27(35)22-21(25(13)33)24(32)12-6-5-7-15(37-3)19(12)26(22)34;/h5-7,11,14,16,18,23,31,33,35-36H,4,8-10,29H2,1-3H3;1H/t11?,14?,16-,18?,23?,28?;/m1./s1. The Morgan fingerprint density at radius 2 is 1.82 bits per heavy atom. The Bertz CT molecular complexity index is 1380. The number of carbonyl (C=O) groups is 3. The van der Waals surface area contributed by atoms with Crippen molar-refractivity contribution in [2.75, 3.05) is 7.11 Å². The fraction of sp³-hybridized carbons (Fsp3) is 0.464. The van der Waals surface area contributed by atoms with Gasteiger partial charge in [-0.25, -0.2) is 0 Å². The lowest BCUT2D eigenvalue weighted by Crippen LogP contribution is -2.52.